The molecule has 0 saturated heterocycles. The number of halogens is 1. The van der Waals surface area contributed by atoms with Crippen molar-refractivity contribution < 1.29 is 0 Å². The second kappa shape index (κ2) is 5.37. The lowest BCUT2D eigenvalue weighted by Gasteiger charge is -2.11. The van der Waals surface area contributed by atoms with Crippen LogP contribution in [0.2, 0.25) is 5.02 Å². The number of aromatic nitrogens is 2. The standard InChI is InChI=1S/C10H18ClN3/c1-4-12-5-8(2)6-14-7-10(11)9(3)13-14/h7-8,12H,4-6H2,1-3H3. The Labute approximate surface area is 90.4 Å². The molecule has 14 heavy (non-hydrogen) atoms. The molecular weight excluding hydrogens is 198 g/mol. The maximum atomic E-state index is 5.92. The molecule has 80 valence electrons. The van der Waals surface area contributed by atoms with Gasteiger partial charge in [-0.3, -0.25) is 4.68 Å². The van der Waals surface area contributed by atoms with E-state index < -0.39 is 0 Å². The average Bonchev–Trinajstić information content (AvgIpc) is 2.42. The van der Waals surface area contributed by atoms with E-state index in [1.165, 1.54) is 0 Å². The third-order valence-corrected chi connectivity index (χ3v) is 2.50. The highest BCUT2D eigenvalue weighted by Crippen LogP contribution is 2.12. The number of nitrogens with zero attached hydrogens (tertiary/aromatic N) is 2. The van der Waals surface area contributed by atoms with Gasteiger partial charge in [0.1, 0.15) is 0 Å². The minimum absolute atomic E-state index is 0.574. The second-order valence-corrected chi connectivity index (χ2v) is 4.10. The van der Waals surface area contributed by atoms with Crippen molar-refractivity contribution in [2.75, 3.05) is 13.1 Å². The predicted molar refractivity (Wildman–Crippen MR) is 59.7 cm³/mol. The molecule has 1 aromatic rings. The normalized spacial score (nSPS) is 13.1. The highest BCUT2D eigenvalue weighted by Gasteiger charge is 2.05. The van der Waals surface area contributed by atoms with Crippen molar-refractivity contribution in [3.05, 3.63) is 16.9 Å². The van der Waals surface area contributed by atoms with Crippen LogP contribution in [0, 0.1) is 12.8 Å². The zero-order chi connectivity index (χ0) is 10.6. The topological polar surface area (TPSA) is 29.9 Å². The van der Waals surface area contributed by atoms with Crippen LogP contribution in [0.15, 0.2) is 6.20 Å². The number of hydrogen-bond acceptors (Lipinski definition) is 2. The predicted octanol–water partition coefficient (Wildman–Crippen LogP) is 2.09. The number of nitrogens with one attached hydrogen (secondary N) is 1. The van der Waals surface area contributed by atoms with Gasteiger partial charge in [-0.25, -0.2) is 0 Å². The fraction of sp³-hybridized carbons (Fsp3) is 0.700. The van der Waals surface area contributed by atoms with E-state index in [1.54, 1.807) is 0 Å². The number of rotatable bonds is 5. The zero-order valence-corrected chi connectivity index (χ0v) is 9.80. The summed E-state index contributed by atoms with van der Waals surface area (Å²) in [4.78, 5) is 0. The molecule has 0 amide bonds. The Morgan fingerprint density at radius 1 is 1.64 bits per heavy atom. The van der Waals surface area contributed by atoms with Crippen molar-refractivity contribution in [3.8, 4) is 0 Å². The average molecular weight is 216 g/mol. The minimum atomic E-state index is 0.574. The summed E-state index contributed by atoms with van der Waals surface area (Å²) in [6.45, 7) is 9.19. The first-order valence-electron chi connectivity index (χ1n) is 5.03. The monoisotopic (exact) mass is 215 g/mol. The molecule has 0 aliphatic carbocycles. The highest BCUT2D eigenvalue weighted by molar-refractivity contribution is 6.31. The van der Waals surface area contributed by atoms with Crippen molar-refractivity contribution >= 4 is 11.6 Å². The fourth-order valence-electron chi connectivity index (χ4n) is 1.36. The molecule has 0 aliphatic rings. The number of hydrogen-bond donors (Lipinski definition) is 1. The van der Waals surface area contributed by atoms with Crippen LogP contribution in [0.3, 0.4) is 0 Å². The van der Waals surface area contributed by atoms with E-state index in [0.29, 0.717) is 5.92 Å². The Bertz CT molecular complexity index is 263. The van der Waals surface area contributed by atoms with Gasteiger partial charge < -0.3 is 5.32 Å². The van der Waals surface area contributed by atoms with Gasteiger partial charge in [-0.15, -0.1) is 0 Å². The van der Waals surface area contributed by atoms with Crippen LogP contribution < -0.4 is 5.32 Å². The van der Waals surface area contributed by atoms with Gasteiger partial charge in [-0.1, -0.05) is 25.4 Å². The third kappa shape index (κ3) is 3.31. The van der Waals surface area contributed by atoms with E-state index in [9.17, 15) is 0 Å². The van der Waals surface area contributed by atoms with E-state index in [4.69, 9.17) is 11.6 Å². The van der Waals surface area contributed by atoms with Gasteiger partial charge >= 0.3 is 0 Å². The van der Waals surface area contributed by atoms with Crippen molar-refractivity contribution in [3.63, 3.8) is 0 Å². The van der Waals surface area contributed by atoms with Crippen LogP contribution in [0.4, 0.5) is 0 Å². The Kier molecular flexibility index (Phi) is 4.42. The summed E-state index contributed by atoms with van der Waals surface area (Å²) in [5.74, 6) is 0.574. The van der Waals surface area contributed by atoms with E-state index in [1.807, 2.05) is 17.8 Å². The van der Waals surface area contributed by atoms with Gasteiger partial charge in [0.25, 0.3) is 0 Å². The lowest BCUT2D eigenvalue weighted by molar-refractivity contribution is 0.425. The Morgan fingerprint density at radius 2 is 2.36 bits per heavy atom. The molecule has 0 radical (unpaired) electrons. The molecule has 1 unspecified atom stereocenters. The quantitative estimate of drug-likeness (QED) is 0.815. The van der Waals surface area contributed by atoms with Gasteiger partial charge in [-0.2, -0.15) is 5.10 Å². The van der Waals surface area contributed by atoms with Crippen molar-refractivity contribution in [2.45, 2.75) is 27.3 Å². The summed E-state index contributed by atoms with van der Waals surface area (Å²) in [6.07, 6.45) is 1.89. The Morgan fingerprint density at radius 3 is 2.86 bits per heavy atom. The fourth-order valence-corrected chi connectivity index (χ4v) is 1.51. The Hall–Kier alpha value is -0.540. The van der Waals surface area contributed by atoms with Crippen molar-refractivity contribution in [2.24, 2.45) is 5.92 Å². The van der Waals surface area contributed by atoms with Gasteiger partial charge in [0, 0.05) is 12.7 Å². The van der Waals surface area contributed by atoms with Crippen LogP contribution >= 0.6 is 11.6 Å². The molecule has 1 aromatic heterocycles. The van der Waals surface area contributed by atoms with Crippen molar-refractivity contribution in [1.29, 1.82) is 0 Å². The molecule has 0 saturated carbocycles. The molecule has 0 spiro atoms. The minimum Gasteiger partial charge on any atom is -0.317 e. The highest BCUT2D eigenvalue weighted by atomic mass is 35.5. The molecule has 4 heteroatoms. The lowest BCUT2D eigenvalue weighted by Crippen LogP contribution is -2.24. The van der Waals surface area contributed by atoms with Crippen LogP contribution in [0.1, 0.15) is 19.5 Å². The van der Waals surface area contributed by atoms with Crippen LogP contribution in [-0.4, -0.2) is 22.9 Å². The molecular formula is C10H18ClN3. The largest absolute Gasteiger partial charge is 0.317 e. The lowest BCUT2D eigenvalue weighted by atomic mass is 10.2. The molecule has 1 N–H and O–H groups in total. The molecule has 3 nitrogen and oxygen atoms in total. The maximum Gasteiger partial charge on any atom is 0.0814 e. The molecule has 1 rings (SSSR count). The molecule has 0 aliphatic heterocycles. The Balaban J connectivity index is 2.43. The van der Waals surface area contributed by atoms with E-state index in [-0.39, 0.29) is 0 Å². The first kappa shape index (κ1) is 11.5. The first-order chi connectivity index (χ1) is 6.63. The van der Waals surface area contributed by atoms with Gasteiger partial charge in [0.05, 0.1) is 10.7 Å². The van der Waals surface area contributed by atoms with Gasteiger partial charge in [-0.05, 0) is 25.9 Å². The summed E-state index contributed by atoms with van der Waals surface area (Å²) >= 11 is 5.92. The van der Waals surface area contributed by atoms with Crippen molar-refractivity contribution in [1.82, 2.24) is 15.1 Å². The molecule has 0 fully saturated rings. The molecule has 1 heterocycles. The molecule has 0 aromatic carbocycles. The van der Waals surface area contributed by atoms with Crippen LogP contribution in [0.5, 0.6) is 0 Å². The van der Waals surface area contributed by atoms with E-state index in [0.717, 1.165) is 30.4 Å². The zero-order valence-electron chi connectivity index (χ0n) is 9.05. The SMILES string of the molecule is CCNCC(C)Cn1cc(Cl)c(C)n1. The summed E-state index contributed by atoms with van der Waals surface area (Å²) in [5.41, 5.74) is 0.905. The second-order valence-electron chi connectivity index (χ2n) is 3.70. The maximum absolute atomic E-state index is 5.92. The van der Waals surface area contributed by atoms with Gasteiger partial charge in [0.2, 0.25) is 0 Å². The summed E-state index contributed by atoms with van der Waals surface area (Å²) in [5, 5.41) is 8.38. The van der Waals surface area contributed by atoms with Crippen LogP contribution in [-0.2, 0) is 6.54 Å². The first-order valence-corrected chi connectivity index (χ1v) is 5.41. The summed E-state index contributed by atoms with van der Waals surface area (Å²) < 4.78 is 1.92. The summed E-state index contributed by atoms with van der Waals surface area (Å²) in [6, 6.07) is 0. The smallest absolute Gasteiger partial charge is 0.0814 e. The molecule has 1 atom stereocenters. The van der Waals surface area contributed by atoms with Crippen LogP contribution in [0.25, 0.3) is 0 Å². The number of aryl methyl sites for hydroxylation is 1. The van der Waals surface area contributed by atoms with E-state index in [2.05, 4.69) is 24.3 Å². The third-order valence-electron chi connectivity index (χ3n) is 2.13. The van der Waals surface area contributed by atoms with E-state index >= 15 is 0 Å². The summed E-state index contributed by atoms with van der Waals surface area (Å²) in [7, 11) is 0. The van der Waals surface area contributed by atoms with Gasteiger partial charge in [0.15, 0.2) is 0 Å². The molecule has 0 bridgehead atoms.